The summed E-state index contributed by atoms with van der Waals surface area (Å²) in [5.74, 6) is 1.25. The van der Waals surface area contributed by atoms with Gasteiger partial charge in [-0.15, -0.1) is 0 Å². The third-order valence-electron chi connectivity index (χ3n) is 10.5. The molecule has 0 radical (unpaired) electrons. The molecule has 2 amide bonds. The first-order valence-corrected chi connectivity index (χ1v) is 18.7. The molecule has 0 aromatic heterocycles. The van der Waals surface area contributed by atoms with Crippen molar-refractivity contribution in [3.63, 3.8) is 0 Å². The van der Waals surface area contributed by atoms with Crippen molar-refractivity contribution >= 4 is 47.1 Å². The van der Waals surface area contributed by atoms with E-state index in [9.17, 15) is 14.4 Å². The second-order valence-electron chi connectivity index (χ2n) is 14.2. The molecular weight excluding hydrogens is 703 g/mol. The minimum atomic E-state index is -0.439. The van der Waals surface area contributed by atoms with Crippen molar-refractivity contribution in [2.75, 3.05) is 32.8 Å². The van der Waals surface area contributed by atoms with Crippen LogP contribution in [0.3, 0.4) is 0 Å². The van der Waals surface area contributed by atoms with E-state index in [4.69, 9.17) is 37.4 Å². The van der Waals surface area contributed by atoms with Crippen molar-refractivity contribution in [2.45, 2.75) is 76.3 Å². The molecule has 3 aromatic carbocycles. The standard InChI is InChI=1S/C40H44Cl2N4O6/c1-24-15-34(42)37(16-25(24)2)51-14-13-50-30-11-7-26(8-12-30)32-17-28-21-45(39(48)35-18-31(19-43-35)52-23-47)22-36(44-28)38(32)40(49)46(29-9-10-29)20-27-5-3-4-6-33(27)41/h3-8,11-12,15-16,23,28-29,31,35-36,43-44H,9-10,13-14,17-22H2,1-2H3/t28-,31+,35-,36-/m0/s1. The molecule has 2 bridgehead atoms. The Morgan fingerprint density at radius 2 is 1.71 bits per heavy atom. The van der Waals surface area contributed by atoms with Gasteiger partial charge in [-0.1, -0.05) is 53.5 Å². The summed E-state index contributed by atoms with van der Waals surface area (Å²) in [6.07, 6.45) is 2.55. The van der Waals surface area contributed by atoms with Crippen LogP contribution in [0.5, 0.6) is 11.5 Å². The van der Waals surface area contributed by atoms with Crippen LogP contribution in [0.2, 0.25) is 10.0 Å². The van der Waals surface area contributed by atoms with Gasteiger partial charge in [-0.2, -0.15) is 0 Å². The van der Waals surface area contributed by atoms with Gasteiger partial charge in [0, 0.05) is 55.3 Å². The monoisotopic (exact) mass is 746 g/mol. The van der Waals surface area contributed by atoms with Crippen LogP contribution in [0.25, 0.3) is 5.57 Å². The number of ether oxygens (including phenoxy) is 3. The highest BCUT2D eigenvalue weighted by Gasteiger charge is 2.45. The van der Waals surface area contributed by atoms with Crippen molar-refractivity contribution in [2.24, 2.45) is 0 Å². The predicted octanol–water partition coefficient (Wildman–Crippen LogP) is 5.49. The van der Waals surface area contributed by atoms with E-state index in [-0.39, 0.29) is 36.0 Å². The van der Waals surface area contributed by atoms with E-state index >= 15 is 0 Å². The van der Waals surface area contributed by atoms with Gasteiger partial charge in [-0.05, 0) is 91.3 Å². The largest absolute Gasteiger partial charge is 0.490 e. The molecule has 10 nitrogen and oxygen atoms in total. The molecule has 2 saturated heterocycles. The summed E-state index contributed by atoms with van der Waals surface area (Å²) in [4.78, 5) is 43.3. The molecule has 0 unspecified atom stereocenters. The zero-order valence-electron chi connectivity index (χ0n) is 29.4. The van der Waals surface area contributed by atoms with Gasteiger partial charge in [0.05, 0.1) is 17.1 Å². The minimum absolute atomic E-state index is 0.0378. The summed E-state index contributed by atoms with van der Waals surface area (Å²) < 4.78 is 17.0. The zero-order valence-corrected chi connectivity index (χ0v) is 30.9. The van der Waals surface area contributed by atoms with Crippen LogP contribution in [0, 0.1) is 13.8 Å². The number of nitrogens with one attached hydrogen (secondary N) is 2. The minimum Gasteiger partial charge on any atom is -0.490 e. The predicted molar refractivity (Wildman–Crippen MR) is 200 cm³/mol. The summed E-state index contributed by atoms with van der Waals surface area (Å²) in [5, 5.41) is 8.10. The quantitative estimate of drug-likeness (QED) is 0.175. The Morgan fingerprint density at radius 1 is 0.962 bits per heavy atom. The third-order valence-corrected chi connectivity index (χ3v) is 11.2. The zero-order chi connectivity index (χ0) is 36.4. The van der Waals surface area contributed by atoms with Crippen LogP contribution in [-0.2, 0) is 25.7 Å². The van der Waals surface area contributed by atoms with Gasteiger partial charge in [0.25, 0.3) is 12.4 Å². The first-order valence-electron chi connectivity index (χ1n) is 18.0. The Hall–Kier alpha value is -4.09. The average molecular weight is 748 g/mol. The molecule has 3 aliphatic heterocycles. The van der Waals surface area contributed by atoms with E-state index in [1.54, 1.807) is 0 Å². The van der Waals surface area contributed by atoms with E-state index < -0.39 is 6.04 Å². The van der Waals surface area contributed by atoms with E-state index in [1.165, 1.54) is 0 Å². The Kier molecular flexibility index (Phi) is 11.1. The van der Waals surface area contributed by atoms with E-state index in [1.807, 2.05) is 84.3 Å². The highest BCUT2D eigenvalue weighted by molar-refractivity contribution is 6.32. The lowest BCUT2D eigenvalue weighted by Gasteiger charge is -2.45. The Bertz CT molecular complexity index is 1850. The molecule has 1 saturated carbocycles. The topological polar surface area (TPSA) is 109 Å². The van der Waals surface area contributed by atoms with Gasteiger partial charge in [0.15, 0.2) is 0 Å². The van der Waals surface area contributed by atoms with Crippen LogP contribution in [0.15, 0.2) is 66.2 Å². The van der Waals surface area contributed by atoms with E-state index in [0.29, 0.717) is 85.8 Å². The van der Waals surface area contributed by atoms with E-state index in [2.05, 4.69) is 10.6 Å². The molecule has 1 aliphatic carbocycles. The molecule has 12 heteroatoms. The number of rotatable bonds is 13. The normalized spacial score (nSPS) is 22.6. The number of fused-ring (bicyclic) bond motifs is 2. The Balaban J connectivity index is 1.11. The van der Waals surface area contributed by atoms with Gasteiger partial charge >= 0.3 is 0 Å². The first-order chi connectivity index (χ1) is 25.2. The molecule has 3 heterocycles. The van der Waals surface area contributed by atoms with Gasteiger partial charge in [-0.25, -0.2) is 0 Å². The first kappa shape index (κ1) is 36.3. The molecule has 0 spiro atoms. The van der Waals surface area contributed by atoms with Crippen molar-refractivity contribution in [1.29, 1.82) is 0 Å². The van der Waals surface area contributed by atoms with Crippen LogP contribution < -0.4 is 20.1 Å². The SMILES string of the molecule is Cc1cc(Cl)c(OCCOc2ccc(C3=C(C(=O)N(Cc4ccccc4Cl)C4CC4)[C@@H]4CN(C(=O)[C@@H]5C[C@@H](OC=O)CN5)C[C@H](C3)N4)cc2)cc1C. The fourth-order valence-corrected chi connectivity index (χ4v) is 7.96. The van der Waals surface area contributed by atoms with E-state index in [0.717, 1.165) is 40.7 Å². The van der Waals surface area contributed by atoms with Crippen LogP contribution in [0.4, 0.5) is 0 Å². The molecule has 7 rings (SSSR count). The maximum absolute atomic E-state index is 14.8. The highest BCUT2D eigenvalue weighted by atomic mass is 35.5. The number of nitrogens with zero attached hydrogens (tertiary/aromatic N) is 2. The number of aryl methyl sites for hydroxylation is 2. The number of hydrogen-bond donors (Lipinski definition) is 2. The number of amides is 2. The molecule has 3 fully saturated rings. The summed E-state index contributed by atoms with van der Waals surface area (Å²) in [5.41, 5.74) is 5.73. The number of halogens is 2. The maximum atomic E-state index is 14.8. The lowest BCUT2D eigenvalue weighted by Crippen LogP contribution is -2.63. The molecule has 52 heavy (non-hydrogen) atoms. The number of carbonyl (C=O) groups is 3. The molecule has 2 N–H and O–H groups in total. The number of piperazine rings is 1. The van der Waals surface area contributed by atoms with Gasteiger partial charge in [0.1, 0.15) is 30.8 Å². The maximum Gasteiger partial charge on any atom is 0.293 e. The second kappa shape index (κ2) is 15.9. The van der Waals surface area contributed by atoms with Crippen molar-refractivity contribution in [3.8, 4) is 11.5 Å². The van der Waals surface area contributed by atoms with Gasteiger partial charge in [-0.3, -0.25) is 14.4 Å². The lowest BCUT2D eigenvalue weighted by molar-refractivity contribution is -0.137. The molecule has 274 valence electrons. The van der Waals surface area contributed by atoms with Crippen molar-refractivity contribution < 1.29 is 28.6 Å². The van der Waals surface area contributed by atoms with Crippen molar-refractivity contribution in [3.05, 3.63) is 98.5 Å². The van der Waals surface area contributed by atoms with Crippen LogP contribution >= 0.6 is 23.2 Å². The third kappa shape index (κ3) is 8.10. The Morgan fingerprint density at radius 3 is 2.46 bits per heavy atom. The van der Waals surface area contributed by atoms with Crippen LogP contribution in [0.1, 0.15) is 47.9 Å². The fraction of sp³-hybridized carbons (Fsp3) is 0.425. The molecule has 3 aromatic rings. The average Bonchev–Trinajstić information content (AvgIpc) is 3.88. The number of hydrogen-bond acceptors (Lipinski definition) is 8. The van der Waals surface area contributed by atoms with Gasteiger partial charge < -0.3 is 34.6 Å². The highest BCUT2D eigenvalue weighted by Crippen LogP contribution is 2.38. The second-order valence-corrected chi connectivity index (χ2v) is 15.0. The summed E-state index contributed by atoms with van der Waals surface area (Å²) in [6.45, 7) is 6.85. The summed E-state index contributed by atoms with van der Waals surface area (Å²) >= 11 is 13.0. The lowest BCUT2D eigenvalue weighted by atomic mass is 9.82. The molecular formula is C40H44Cl2N4O6. The molecule has 4 aliphatic rings. The number of carbonyl (C=O) groups excluding carboxylic acids is 3. The fourth-order valence-electron chi connectivity index (χ4n) is 7.49. The van der Waals surface area contributed by atoms with Gasteiger partial charge in [0.2, 0.25) is 5.91 Å². The van der Waals surface area contributed by atoms with Crippen molar-refractivity contribution in [1.82, 2.24) is 20.4 Å². The van der Waals surface area contributed by atoms with Crippen LogP contribution in [-0.4, -0.2) is 91.2 Å². The molecule has 4 atom stereocenters. The Labute approximate surface area is 314 Å². The smallest absolute Gasteiger partial charge is 0.293 e. The summed E-state index contributed by atoms with van der Waals surface area (Å²) in [6, 6.07) is 18.6. The number of benzene rings is 3. The summed E-state index contributed by atoms with van der Waals surface area (Å²) in [7, 11) is 0.